The third-order valence-electron chi connectivity index (χ3n) is 4.80. The molecule has 31 heavy (non-hydrogen) atoms. The highest BCUT2D eigenvalue weighted by atomic mass is 16.6. The minimum Gasteiger partial charge on any atom is -0.484 e. The number of benzene rings is 3. The molecule has 0 aliphatic rings. The van der Waals surface area contributed by atoms with Gasteiger partial charge in [-0.3, -0.25) is 19.7 Å². The SMILES string of the molecule is O=Cc1cccc(OCC(CCc2ccccc2)[N+](=O)[O-])c1NC(=O)c1ccccc1. The summed E-state index contributed by atoms with van der Waals surface area (Å²) in [5.41, 5.74) is 1.84. The van der Waals surface area contributed by atoms with E-state index in [-0.39, 0.29) is 28.5 Å². The van der Waals surface area contributed by atoms with Crippen LogP contribution in [-0.2, 0) is 6.42 Å². The van der Waals surface area contributed by atoms with Crippen molar-refractivity contribution in [3.63, 3.8) is 0 Å². The number of hydrogen-bond donors (Lipinski definition) is 1. The molecule has 0 heterocycles. The second kappa shape index (κ2) is 10.7. The van der Waals surface area contributed by atoms with Crippen LogP contribution in [0, 0.1) is 10.1 Å². The molecule has 0 aliphatic carbocycles. The maximum Gasteiger partial charge on any atom is 0.255 e. The lowest BCUT2D eigenvalue weighted by atomic mass is 10.1. The lowest BCUT2D eigenvalue weighted by Crippen LogP contribution is -2.28. The number of amides is 1. The van der Waals surface area contributed by atoms with Gasteiger partial charge in [0.2, 0.25) is 6.04 Å². The Bertz CT molecular complexity index is 1040. The second-order valence-corrected chi connectivity index (χ2v) is 6.93. The highest BCUT2D eigenvalue weighted by Gasteiger charge is 2.22. The molecule has 0 spiro atoms. The smallest absolute Gasteiger partial charge is 0.255 e. The molecule has 0 saturated heterocycles. The van der Waals surface area contributed by atoms with E-state index in [1.54, 1.807) is 48.5 Å². The fourth-order valence-electron chi connectivity index (χ4n) is 3.09. The first-order valence-electron chi connectivity index (χ1n) is 9.83. The lowest BCUT2D eigenvalue weighted by Gasteiger charge is -2.16. The Morgan fingerprint density at radius 1 is 1.00 bits per heavy atom. The van der Waals surface area contributed by atoms with Crippen molar-refractivity contribution in [2.45, 2.75) is 18.9 Å². The van der Waals surface area contributed by atoms with Crippen LogP contribution in [0.3, 0.4) is 0 Å². The summed E-state index contributed by atoms with van der Waals surface area (Å²) >= 11 is 0. The van der Waals surface area contributed by atoms with E-state index >= 15 is 0 Å². The molecule has 0 saturated carbocycles. The number of hydrogen-bond acceptors (Lipinski definition) is 5. The first-order valence-corrected chi connectivity index (χ1v) is 9.83. The molecule has 0 fully saturated rings. The van der Waals surface area contributed by atoms with Crippen LogP contribution in [-0.4, -0.2) is 29.8 Å². The molecular formula is C24H22N2O5. The van der Waals surface area contributed by atoms with Crippen molar-refractivity contribution in [3.05, 3.63) is 106 Å². The summed E-state index contributed by atoms with van der Waals surface area (Å²) < 4.78 is 5.71. The largest absolute Gasteiger partial charge is 0.484 e. The Morgan fingerprint density at radius 3 is 2.32 bits per heavy atom. The van der Waals surface area contributed by atoms with Gasteiger partial charge in [-0.15, -0.1) is 0 Å². The third kappa shape index (κ3) is 5.99. The third-order valence-corrected chi connectivity index (χ3v) is 4.80. The molecule has 3 aromatic carbocycles. The summed E-state index contributed by atoms with van der Waals surface area (Å²) in [6.07, 6.45) is 1.45. The van der Waals surface area contributed by atoms with Crippen LogP contribution in [0.25, 0.3) is 0 Å². The van der Waals surface area contributed by atoms with Gasteiger partial charge in [0.05, 0.1) is 5.69 Å². The molecule has 7 nitrogen and oxygen atoms in total. The monoisotopic (exact) mass is 418 g/mol. The van der Waals surface area contributed by atoms with Crippen molar-refractivity contribution in [1.82, 2.24) is 0 Å². The molecular weight excluding hydrogens is 396 g/mol. The second-order valence-electron chi connectivity index (χ2n) is 6.93. The van der Waals surface area contributed by atoms with Crippen molar-refractivity contribution in [1.29, 1.82) is 0 Å². The number of carbonyl (C=O) groups excluding carboxylic acids is 2. The number of nitrogens with one attached hydrogen (secondary N) is 1. The standard InChI is InChI=1S/C24H22N2O5/c27-16-20-12-7-13-22(23(20)25-24(28)19-10-5-2-6-11-19)31-17-21(26(29)30)15-14-18-8-3-1-4-9-18/h1-13,16,21H,14-15,17H2,(H,25,28). The van der Waals surface area contributed by atoms with E-state index in [0.29, 0.717) is 24.7 Å². The predicted molar refractivity (Wildman–Crippen MR) is 117 cm³/mol. The fourth-order valence-corrected chi connectivity index (χ4v) is 3.09. The van der Waals surface area contributed by atoms with E-state index in [1.807, 2.05) is 30.3 Å². The van der Waals surface area contributed by atoms with Crippen molar-refractivity contribution in [2.75, 3.05) is 11.9 Å². The van der Waals surface area contributed by atoms with Gasteiger partial charge < -0.3 is 10.1 Å². The Morgan fingerprint density at radius 2 is 1.68 bits per heavy atom. The number of nitrogens with zero attached hydrogens (tertiary/aromatic N) is 1. The van der Waals surface area contributed by atoms with Gasteiger partial charge in [-0.25, -0.2) is 0 Å². The average Bonchev–Trinajstić information content (AvgIpc) is 2.80. The maximum absolute atomic E-state index is 12.5. The molecule has 1 unspecified atom stereocenters. The summed E-state index contributed by atoms with van der Waals surface area (Å²) in [5.74, 6) is -0.199. The minimum absolute atomic E-state index is 0.184. The van der Waals surface area contributed by atoms with Gasteiger partial charge in [-0.05, 0) is 36.2 Å². The van der Waals surface area contributed by atoms with Crippen LogP contribution in [0.1, 0.15) is 32.7 Å². The van der Waals surface area contributed by atoms with E-state index in [9.17, 15) is 19.7 Å². The van der Waals surface area contributed by atoms with Gasteiger partial charge in [0.25, 0.3) is 5.91 Å². The van der Waals surface area contributed by atoms with E-state index in [1.165, 1.54) is 0 Å². The molecule has 0 aliphatic heterocycles. The van der Waals surface area contributed by atoms with Gasteiger partial charge >= 0.3 is 0 Å². The Balaban J connectivity index is 1.73. The van der Waals surface area contributed by atoms with E-state index in [2.05, 4.69) is 5.32 Å². The van der Waals surface area contributed by atoms with Gasteiger partial charge in [0, 0.05) is 22.5 Å². The lowest BCUT2D eigenvalue weighted by molar-refractivity contribution is -0.525. The number of ether oxygens (including phenoxy) is 1. The fraction of sp³-hybridized carbons (Fsp3) is 0.167. The van der Waals surface area contributed by atoms with Crippen LogP contribution in [0.2, 0.25) is 0 Å². The van der Waals surface area contributed by atoms with Crippen LogP contribution < -0.4 is 10.1 Å². The Hall–Kier alpha value is -4.00. The number of nitro groups is 1. The van der Waals surface area contributed by atoms with Gasteiger partial charge in [-0.1, -0.05) is 54.6 Å². The zero-order valence-electron chi connectivity index (χ0n) is 16.8. The number of para-hydroxylation sites is 1. The molecule has 3 rings (SSSR count). The number of aryl methyl sites for hydroxylation is 1. The molecule has 3 aromatic rings. The molecule has 0 aromatic heterocycles. The van der Waals surface area contributed by atoms with Crippen molar-refractivity contribution in [3.8, 4) is 5.75 Å². The summed E-state index contributed by atoms with van der Waals surface area (Å²) in [5, 5.41) is 14.2. The highest BCUT2D eigenvalue weighted by Crippen LogP contribution is 2.29. The summed E-state index contributed by atoms with van der Waals surface area (Å²) in [7, 11) is 0. The zero-order valence-corrected chi connectivity index (χ0v) is 16.8. The maximum atomic E-state index is 12.5. The minimum atomic E-state index is -0.933. The zero-order chi connectivity index (χ0) is 22.1. The first-order chi connectivity index (χ1) is 15.1. The first kappa shape index (κ1) is 21.7. The molecule has 0 bridgehead atoms. The number of anilines is 1. The highest BCUT2D eigenvalue weighted by molar-refractivity contribution is 6.07. The molecule has 7 heteroatoms. The average molecular weight is 418 g/mol. The van der Waals surface area contributed by atoms with Gasteiger partial charge in [0.1, 0.15) is 5.75 Å². The van der Waals surface area contributed by atoms with E-state index < -0.39 is 11.9 Å². The molecule has 1 N–H and O–H groups in total. The Labute approximate surface area is 179 Å². The van der Waals surface area contributed by atoms with E-state index in [0.717, 1.165) is 5.56 Å². The van der Waals surface area contributed by atoms with Crippen LogP contribution in [0.15, 0.2) is 78.9 Å². The summed E-state index contributed by atoms with van der Waals surface area (Å²) in [6.45, 7) is -0.184. The van der Waals surface area contributed by atoms with Gasteiger partial charge in [-0.2, -0.15) is 0 Å². The van der Waals surface area contributed by atoms with Crippen LogP contribution in [0.5, 0.6) is 5.75 Å². The molecule has 0 radical (unpaired) electrons. The van der Waals surface area contributed by atoms with Crippen LogP contribution >= 0.6 is 0 Å². The van der Waals surface area contributed by atoms with Gasteiger partial charge in [0.15, 0.2) is 12.9 Å². The molecule has 1 amide bonds. The molecule has 1 atom stereocenters. The molecule has 158 valence electrons. The Kier molecular flexibility index (Phi) is 7.48. The normalized spacial score (nSPS) is 11.4. The predicted octanol–water partition coefficient (Wildman–Crippen LogP) is 4.41. The summed E-state index contributed by atoms with van der Waals surface area (Å²) in [4.78, 5) is 35.2. The topological polar surface area (TPSA) is 98.5 Å². The van der Waals surface area contributed by atoms with Crippen molar-refractivity contribution < 1.29 is 19.2 Å². The van der Waals surface area contributed by atoms with Crippen molar-refractivity contribution >= 4 is 17.9 Å². The number of rotatable bonds is 10. The number of aldehydes is 1. The summed E-state index contributed by atoms with van der Waals surface area (Å²) in [6, 6.07) is 21.8. The van der Waals surface area contributed by atoms with Crippen LogP contribution in [0.4, 0.5) is 5.69 Å². The van der Waals surface area contributed by atoms with E-state index in [4.69, 9.17) is 4.74 Å². The quantitative estimate of drug-likeness (QED) is 0.299. The number of carbonyl (C=O) groups is 2. The van der Waals surface area contributed by atoms with Crippen molar-refractivity contribution in [2.24, 2.45) is 0 Å².